The van der Waals surface area contributed by atoms with Crippen LogP contribution in [0.15, 0.2) is 77.0 Å². The Bertz CT molecular complexity index is 1090. The van der Waals surface area contributed by atoms with Crippen LogP contribution in [0, 0.1) is 0 Å². The Kier molecular flexibility index (Phi) is 5.54. The average Bonchev–Trinajstić information content (AvgIpc) is 3.36. The molecule has 0 saturated heterocycles. The summed E-state index contributed by atoms with van der Waals surface area (Å²) in [6, 6.07) is 20.1. The lowest BCUT2D eigenvalue weighted by Crippen LogP contribution is -2.32. The fourth-order valence-electron chi connectivity index (χ4n) is 3.33. The van der Waals surface area contributed by atoms with Crippen LogP contribution >= 0.6 is 11.3 Å². The lowest BCUT2D eigenvalue weighted by Gasteiger charge is -2.17. The number of hydrogen-bond acceptors (Lipinski definition) is 4. The zero-order chi connectivity index (χ0) is 20.3. The third kappa shape index (κ3) is 4.58. The van der Waals surface area contributed by atoms with E-state index in [-0.39, 0.29) is 22.8 Å². The highest BCUT2D eigenvalue weighted by Gasteiger charge is 2.44. The second-order valence-corrected chi connectivity index (χ2v) is 10.1. The SMILES string of the molecule is O=C(NCC1(c2ccccc2)CC1)c1cccc(S(=O)(=O)NCc2cccs2)c1. The monoisotopic (exact) mass is 426 g/mol. The zero-order valence-electron chi connectivity index (χ0n) is 15.8. The quantitative estimate of drug-likeness (QED) is 0.577. The minimum Gasteiger partial charge on any atom is -0.351 e. The summed E-state index contributed by atoms with van der Waals surface area (Å²) >= 11 is 1.49. The highest BCUT2D eigenvalue weighted by molar-refractivity contribution is 7.89. The first-order valence-electron chi connectivity index (χ1n) is 9.44. The molecule has 7 heteroatoms. The van der Waals surface area contributed by atoms with Gasteiger partial charge in [0.15, 0.2) is 0 Å². The van der Waals surface area contributed by atoms with Gasteiger partial charge >= 0.3 is 0 Å². The van der Waals surface area contributed by atoms with Crippen molar-refractivity contribution in [1.82, 2.24) is 10.0 Å². The van der Waals surface area contributed by atoms with Gasteiger partial charge in [-0.2, -0.15) is 0 Å². The molecule has 5 nitrogen and oxygen atoms in total. The molecule has 0 spiro atoms. The molecule has 3 aromatic rings. The highest BCUT2D eigenvalue weighted by atomic mass is 32.2. The van der Waals surface area contributed by atoms with Gasteiger partial charge in [-0.15, -0.1) is 11.3 Å². The summed E-state index contributed by atoms with van der Waals surface area (Å²) in [7, 11) is -3.69. The van der Waals surface area contributed by atoms with Crippen molar-refractivity contribution in [2.24, 2.45) is 0 Å². The van der Waals surface area contributed by atoms with Crippen molar-refractivity contribution in [2.45, 2.75) is 29.7 Å². The van der Waals surface area contributed by atoms with Crippen molar-refractivity contribution in [3.63, 3.8) is 0 Å². The fourth-order valence-corrected chi connectivity index (χ4v) is 5.12. The first kappa shape index (κ1) is 19.8. The van der Waals surface area contributed by atoms with Crippen LogP contribution in [-0.4, -0.2) is 20.9 Å². The fraction of sp³-hybridized carbons (Fsp3) is 0.227. The van der Waals surface area contributed by atoms with Crippen molar-refractivity contribution in [3.8, 4) is 0 Å². The van der Waals surface area contributed by atoms with Gasteiger partial charge in [0, 0.05) is 28.9 Å². The molecule has 2 aromatic carbocycles. The molecular weight excluding hydrogens is 404 g/mol. The van der Waals surface area contributed by atoms with Gasteiger partial charge in [0.05, 0.1) is 4.90 Å². The summed E-state index contributed by atoms with van der Waals surface area (Å²) < 4.78 is 27.7. The van der Waals surface area contributed by atoms with E-state index in [1.165, 1.54) is 29.0 Å². The Morgan fingerprint density at radius 2 is 1.79 bits per heavy atom. The van der Waals surface area contributed by atoms with Gasteiger partial charge in [-0.25, -0.2) is 13.1 Å². The predicted molar refractivity (Wildman–Crippen MR) is 114 cm³/mol. The van der Waals surface area contributed by atoms with Gasteiger partial charge in [0.2, 0.25) is 10.0 Å². The number of nitrogens with one attached hydrogen (secondary N) is 2. The molecule has 0 aliphatic heterocycles. The summed E-state index contributed by atoms with van der Waals surface area (Å²) in [6.45, 7) is 0.777. The van der Waals surface area contributed by atoms with Crippen molar-refractivity contribution in [2.75, 3.05) is 6.54 Å². The van der Waals surface area contributed by atoms with Crippen LogP contribution in [0.4, 0.5) is 0 Å². The van der Waals surface area contributed by atoms with E-state index in [0.717, 1.165) is 17.7 Å². The molecule has 1 heterocycles. The van der Waals surface area contributed by atoms with Gasteiger partial charge in [0.25, 0.3) is 5.91 Å². The molecule has 2 N–H and O–H groups in total. The smallest absolute Gasteiger partial charge is 0.251 e. The molecule has 1 aliphatic rings. The maximum Gasteiger partial charge on any atom is 0.251 e. The van der Waals surface area contributed by atoms with Crippen molar-refractivity contribution in [3.05, 3.63) is 88.1 Å². The second kappa shape index (κ2) is 8.10. The molecule has 0 bridgehead atoms. The number of benzene rings is 2. The Morgan fingerprint density at radius 1 is 1.00 bits per heavy atom. The van der Waals surface area contributed by atoms with Crippen molar-refractivity contribution < 1.29 is 13.2 Å². The van der Waals surface area contributed by atoms with E-state index in [0.29, 0.717) is 12.1 Å². The van der Waals surface area contributed by atoms with E-state index >= 15 is 0 Å². The summed E-state index contributed by atoms with van der Waals surface area (Å²) in [5.74, 6) is -0.262. The minimum absolute atomic E-state index is 0.00285. The molecular formula is C22H22N2O3S2. The van der Waals surface area contributed by atoms with Gasteiger partial charge in [-0.1, -0.05) is 42.5 Å². The molecule has 0 unspecified atom stereocenters. The molecule has 1 aromatic heterocycles. The normalized spacial score (nSPS) is 15.0. The van der Waals surface area contributed by atoms with E-state index in [9.17, 15) is 13.2 Å². The van der Waals surface area contributed by atoms with Crippen molar-refractivity contribution in [1.29, 1.82) is 0 Å². The Balaban J connectivity index is 1.42. The van der Waals surface area contributed by atoms with Crippen LogP contribution in [0.2, 0.25) is 0 Å². The Morgan fingerprint density at radius 3 is 2.48 bits per heavy atom. The number of thiophene rings is 1. The molecule has 4 rings (SSSR count). The van der Waals surface area contributed by atoms with E-state index in [4.69, 9.17) is 0 Å². The first-order valence-corrected chi connectivity index (χ1v) is 11.8. The Labute approximate surface area is 174 Å². The summed E-state index contributed by atoms with van der Waals surface area (Å²) in [4.78, 5) is 13.7. The molecule has 1 aliphatic carbocycles. The number of carbonyl (C=O) groups is 1. The van der Waals surface area contributed by atoms with Crippen molar-refractivity contribution >= 4 is 27.3 Å². The zero-order valence-corrected chi connectivity index (χ0v) is 17.4. The third-order valence-electron chi connectivity index (χ3n) is 5.25. The van der Waals surface area contributed by atoms with Gasteiger partial charge in [-0.05, 0) is 48.1 Å². The van der Waals surface area contributed by atoms with Gasteiger partial charge < -0.3 is 5.32 Å². The van der Waals surface area contributed by atoms with Gasteiger partial charge in [-0.3, -0.25) is 4.79 Å². The molecule has 150 valence electrons. The molecule has 29 heavy (non-hydrogen) atoms. The Hall–Kier alpha value is -2.48. The van der Waals surface area contributed by atoms with Crippen LogP contribution in [0.25, 0.3) is 0 Å². The molecule has 1 saturated carbocycles. The number of carbonyl (C=O) groups excluding carboxylic acids is 1. The number of hydrogen-bond donors (Lipinski definition) is 2. The van der Waals surface area contributed by atoms with E-state index in [1.807, 2.05) is 35.7 Å². The molecule has 1 fully saturated rings. The number of sulfonamides is 1. The van der Waals surface area contributed by atoms with Crippen LogP contribution in [0.3, 0.4) is 0 Å². The summed E-state index contributed by atoms with van der Waals surface area (Å²) in [5, 5.41) is 4.88. The minimum atomic E-state index is -3.69. The number of amides is 1. The standard InChI is InChI=1S/C22H22N2O3S2/c25-21(23-16-22(11-12-22)18-7-2-1-3-8-18)17-6-4-10-20(14-17)29(26,27)24-15-19-9-5-13-28-19/h1-10,13-14,24H,11-12,15-16H2,(H,23,25). The topological polar surface area (TPSA) is 75.3 Å². The van der Waals surface area contributed by atoms with Crippen LogP contribution in [0.5, 0.6) is 0 Å². The van der Waals surface area contributed by atoms with Gasteiger partial charge in [0.1, 0.15) is 0 Å². The van der Waals surface area contributed by atoms with E-state index in [1.54, 1.807) is 12.1 Å². The first-order chi connectivity index (χ1) is 14.0. The maximum absolute atomic E-state index is 12.6. The lowest BCUT2D eigenvalue weighted by molar-refractivity contribution is 0.0949. The number of rotatable bonds is 8. The third-order valence-corrected chi connectivity index (χ3v) is 7.53. The van der Waals surface area contributed by atoms with E-state index in [2.05, 4.69) is 22.2 Å². The van der Waals surface area contributed by atoms with Crippen LogP contribution in [-0.2, 0) is 22.0 Å². The maximum atomic E-state index is 12.6. The van der Waals surface area contributed by atoms with Crippen LogP contribution in [0.1, 0.15) is 33.6 Å². The molecule has 0 atom stereocenters. The molecule has 1 amide bonds. The summed E-state index contributed by atoms with van der Waals surface area (Å²) in [5.41, 5.74) is 1.57. The average molecular weight is 427 g/mol. The van der Waals surface area contributed by atoms with Crippen LogP contribution < -0.4 is 10.0 Å². The second-order valence-electron chi connectivity index (χ2n) is 7.26. The lowest BCUT2D eigenvalue weighted by atomic mass is 9.96. The summed E-state index contributed by atoms with van der Waals surface area (Å²) in [6.07, 6.45) is 2.08. The largest absolute Gasteiger partial charge is 0.351 e. The van der Waals surface area contributed by atoms with E-state index < -0.39 is 10.0 Å². The molecule has 0 radical (unpaired) electrons. The highest BCUT2D eigenvalue weighted by Crippen LogP contribution is 2.47. The predicted octanol–water partition coefficient (Wildman–Crippen LogP) is 3.69.